The van der Waals surface area contributed by atoms with Crippen molar-refractivity contribution in [1.29, 1.82) is 0 Å². The van der Waals surface area contributed by atoms with E-state index in [4.69, 9.17) is 45.9 Å². The molecule has 2 rings (SSSR count). The molecule has 1 aromatic heterocycles. The van der Waals surface area contributed by atoms with Crippen LogP contribution < -0.4 is 10.6 Å². The quantitative estimate of drug-likeness (QED) is 0.829. The number of morpholine rings is 1. The number of nitrogens with zero attached hydrogens (tertiary/aromatic N) is 3. The van der Waals surface area contributed by atoms with Crippen LogP contribution in [0.25, 0.3) is 0 Å². The van der Waals surface area contributed by atoms with Crippen molar-refractivity contribution in [2.75, 3.05) is 24.6 Å². The lowest BCUT2D eigenvalue weighted by Crippen LogP contribution is -2.48. The molecule has 8 heteroatoms. The van der Waals surface area contributed by atoms with E-state index in [1.807, 2.05) is 4.90 Å². The molecule has 0 aromatic carbocycles. The summed E-state index contributed by atoms with van der Waals surface area (Å²) >= 11 is 16.7. The summed E-state index contributed by atoms with van der Waals surface area (Å²) in [5.74, 6) is 0. The molecule has 5 nitrogen and oxygen atoms in total. The van der Waals surface area contributed by atoms with Crippen LogP contribution in [0.2, 0.25) is 10.3 Å². The molecule has 1 atom stereocenters. The van der Waals surface area contributed by atoms with Gasteiger partial charge in [0, 0.05) is 12.6 Å². The monoisotopic (exact) mass is 292 g/mol. The molecule has 1 unspecified atom stereocenters. The maximum absolute atomic E-state index is 5.98. The average Bonchev–Trinajstić information content (AvgIpc) is 2.32. The smallest absolute Gasteiger partial charge is 0.175 e. The van der Waals surface area contributed by atoms with Gasteiger partial charge in [0.15, 0.2) is 10.3 Å². The number of halogens is 2. The van der Waals surface area contributed by atoms with E-state index in [2.05, 4.69) is 10.2 Å². The summed E-state index contributed by atoms with van der Waals surface area (Å²) in [6.45, 7) is 1.75. The highest BCUT2D eigenvalue weighted by Gasteiger charge is 2.24. The maximum Gasteiger partial charge on any atom is 0.175 e. The SMILES string of the molecule is NC(=S)C1CN(c2cc(Cl)nnc2Cl)CCO1. The Hall–Kier alpha value is -0.690. The standard InChI is InChI=1S/C9H10Cl2N4OS/c10-7-3-5(8(11)14-13-7)15-1-2-16-6(4-15)9(12)17/h3,6H,1-2,4H2,(H2,12,17). The van der Waals surface area contributed by atoms with Crippen LogP contribution in [0.1, 0.15) is 0 Å². The van der Waals surface area contributed by atoms with Gasteiger partial charge in [-0.25, -0.2) is 0 Å². The highest BCUT2D eigenvalue weighted by atomic mass is 35.5. The molecule has 2 N–H and O–H groups in total. The van der Waals surface area contributed by atoms with E-state index in [1.54, 1.807) is 6.07 Å². The van der Waals surface area contributed by atoms with E-state index in [1.165, 1.54) is 0 Å². The molecule has 0 amide bonds. The Bertz CT molecular complexity index is 445. The molecule has 0 radical (unpaired) electrons. The lowest BCUT2D eigenvalue weighted by atomic mass is 10.2. The Labute approximate surface area is 114 Å². The molecule has 1 fully saturated rings. The van der Waals surface area contributed by atoms with Crippen LogP contribution in [0.4, 0.5) is 5.69 Å². The van der Waals surface area contributed by atoms with E-state index in [0.29, 0.717) is 35.0 Å². The van der Waals surface area contributed by atoms with Gasteiger partial charge in [-0.05, 0) is 0 Å². The van der Waals surface area contributed by atoms with Crippen molar-refractivity contribution in [2.24, 2.45) is 5.73 Å². The summed E-state index contributed by atoms with van der Waals surface area (Å²) in [5, 5.41) is 8.02. The third kappa shape index (κ3) is 2.95. The first-order chi connectivity index (χ1) is 8.08. The Morgan fingerprint density at radius 3 is 3.00 bits per heavy atom. The third-order valence-electron chi connectivity index (χ3n) is 2.42. The topological polar surface area (TPSA) is 64.3 Å². The summed E-state index contributed by atoms with van der Waals surface area (Å²) in [7, 11) is 0. The number of hydrogen-bond donors (Lipinski definition) is 1. The van der Waals surface area contributed by atoms with Crippen LogP contribution in [0.5, 0.6) is 0 Å². The Morgan fingerprint density at radius 2 is 2.29 bits per heavy atom. The fraction of sp³-hybridized carbons (Fsp3) is 0.444. The zero-order valence-electron chi connectivity index (χ0n) is 8.77. The first kappa shape index (κ1) is 12.8. The normalized spacial score (nSPS) is 20.4. The molecule has 1 aliphatic heterocycles. The Balaban J connectivity index is 2.21. The fourth-order valence-electron chi connectivity index (χ4n) is 1.61. The number of ether oxygens (including phenoxy) is 1. The largest absolute Gasteiger partial charge is 0.391 e. The van der Waals surface area contributed by atoms with E-state index >= 15 is 0 Å². The Kier molecular flexibility index (Phi) is 3.98. The van der Waals surface area contributed by atoms with Crippen LogP contribution >= 0.6 is 35.4 Å². The molecule has 17 heavy (non-hydrogen) atoms. The van der Waals surface area contributed by atoms with Crippen LogP contribution in [0, 0.1) is 0 Å². The maximum atomic E-state index is 5.98. The van der Waals surface area contributed by atoms with Gasteiger partial charge < -0.3 is 15.4 Å². The second kappa shape index (κ2) is 5.30. The van der Waals surface area contributed by atoms with Gasteiger partial charge in [-0.1, -0.05) is 35.4 Å². The summed E-state index contributed by atoms with van der Waals surface area (Å²) < 4.78 is 5.44. The number of anilines is 1. The minimum Gasteiger partial charge on any atom is -0.391 e. The Morgan fingerprint density at radius 1 is 1.53 bits per heavy atom. The molecule has 92 valence electrons. The summed E-state index contributed by atoms with van der Waals surface area (Å²) in [6.07, 6.45) is -0.276. The van der Waals surface area contributed by atoms with Gasteiger partial charge in [-0.2, -0.15) is 0 Å². The highest BCUT2D eigenvalue weighted by Crippen LogP contribution is 2.26. The van der Waals surface area contributed by atoms with E-state index < -0.39 is 0 Å². The van der Waals surface area contributed by atoms with Gasteiger partial charge in [0.2, 0.25) is 0 Å². The van der Waals surface area contributed by atoms with Crippen molar-refractivity contribution in [3.63, 3.8) is 0 Å². The molecule has 0 aliphatic carbocycles. The molecule has 2 heterocycles. The third-order valence-corrected chi connectivity index (χ3v) is 3.14. The second-order valence-electron chi connectivity index (χ2n) is 3.55. The average molecular weight is 293 g/mol. The van der Waals surface area contributed by atoms with Crippen molar-refractivity contribution in [2.45, 2.75) is 6.10 Å². The van der Waals surface area contributed by atoms with Gasteiger partial charge in [0.05, 0.1) is 18.8 Å². The minimum absolute atomic E-state index is 0.276. The van der Waals surface area contributed by atoms with Crippen molar-refractivity contribution >= 4 is 46.1 Å². The molecular weight excluding hydrogens is 283 g/mol. The molecule has 0 spiro atoms. The first-order valence-electron chi connectivity index (χ1n) is 4.92. The zero-order valence-corrected chi connectivity index (χ0v) is 11.1. The van der Waals surface area contributed by atoms with Crippen LogP contribution in [0.15, 0.2) is 6.07 Å². The number of nitrogens with two attached hydrogens (primary N) is 1. The lowest BCUT2D eigenvalue weighted by Gasteiger charge is -2.34. The van der Waals surface area contributed by atoms with Gasteiger partial charge in [0.1, 0.15) is 11.1 Å². The van der Waals surface area contributed by atoms with E-state index in [0.717, 1.165) is 5.69 Å². The molecule has 0 bridgehead atoms. The lowest BCUT2D eigenvalue weighted by molar-refractivity contribution is 0.0847. The minimum atomic E-state index is -0.276. The predicted molar refractivity (Wildman–Crippen MR) is 70.8 cm³/mol. The first-order valence-corrected chi connectivity index (χ1v) is 6.09. The van der Waals surface area contributed by atoms with Gasteiger partial charge in [-0.15, -0.1) is 10.2 Å². The summed E-state index contributed by atoms with van der Waals surface area (Å²) in [5.41, 5.74) is 6.29. The van der Waals surface area contributed by atoms with Crippen LogP contribution in [-0.2, 0) is 4.74 Å². The van der Waals surface area contributed by atoms with E-state index in [-0.39, 0.29) is 6.10 Å². The number of rotatable bonds is 2. The van der Waals surface area contributed by atoms with Crippen molar-refractivity contribution in [3.8, 4) is 0 Å². The molecule has 1 saturated heterocycles. The van der Waals surface area contributed by atoms with Crippen molar-refractivity contribution in [1.82, 2.24) is 10.2 Å². The molecule has 0 saturated carbocycles. The number of aromatic nitrogens is 2. The summed E-state index contributed by atoms with van der Waals surface area (Å²) in [6, 6.07) is 1.67. The highest BCUT2D eigenvalue weighted by molar-refractivity contribution is 7.80. The van der Waals surface area contributed by atoms with Crippen LogP contribution in [-0.4, -0.2) is 41.0 Å². The number of thiocarbonyl (C=S) groups is 1. The van der Waals surface area contributed by atoms with Crippen molar-refractivity contribution < 1.29 is 4.74 Å². The molecule has 1 aromatic rings. The zero-order chi connectivity index (χ0) is 12.4. The van der Waals surface area contributed by atoms with Crippen LogP contribution in [0.3, 0.4) is 0 Å². The number of hydrogen-bond acceptors (Lipinski definition) is 5. The summed E-state index contributed by atoms with van der Waals surface area (Å²) in [4.78, 5) is 2.31. The van der Waals surface area contributed by atoms with Gasteiger partial charge in [0.25, 0.3) is 0 Å². The second-order valence-corrected chi connectivity index (χ2v) is 4.77. The van der Waals surface area contributed by atoms with Crippen molar-refractivity contribution in [3.05, 3.63) is 16.4 Å². The fourth-order valence-corrected chi connectivity index (χ4v) is 2.10. The van der Waals surface area contributed by atoms with Gasteiger partial charge in [-0.3, -0.25) is 0 Å². The predicted octanol–water partition coefficient (Wildman–Crippen LogP) is 1.27. The molecule has 1 aliphatic rings. The van der Waals surface area contributed by atoms with Gasteiger partial charge >= 0.3 is 0 Å². The van der Waals surface area contributed by atoms with E-state index in [9.17, 15) is 0 Å². The molecular formula is C9H10Cl2N4OS.